The van der Waals surface area contributed by atoms with E-state index in [4.69, 9.17) is 5.73 Å². The smallest absolute Gasteiger partial charge is 0.384 e. The van der Waals surface area contributed by atoms with Crippen molar-refractivity contribution in [1.29, 1.82) is 0 Å². The Hall–Kier alpha value is -3.30. The van der Waals surface area contributed by atoms with Crippen molar-refractivity contribution >= 4 is 17.8 Å². The summed E-state index contributed by atoms with van der Waals surface area (Å²) in [5, 5.41) is 2.46. The quantitative estimate of drug-likeness (QED) is 0.282. The van der Waals surface area contributed by atoms with E-state index in [2.05, 4.69) is 10.3 Å². The number of carbonyl (C=O) groups excluding carboxylic acids is 1. The Kier molecular flexibility index (Phi) is 8.52. The molecule has 1 amide bonds. The number of alkyl halides is 6. The minimum absolute atomic E-state index is 0.0632. The van der Waals surface area contributed by atoms with Crippen LogP contribution in [-0.4, -0.2) is 11.7 Å². The molecule has 1 unspecified atom stereocenters. The van der Waals surface area contributed by atoms with E-state index in [0.717, 1.165) is 18.2 Å². The lowest BCUT2D eigenvalue weighted by Gasteiger charge is -2.15. The number of nitrogens with one attached hydrogen (secondary N) is 1. The van der Waals surface area contributed by atoms with Crippen LogP contribution in [-0.2, 0) is 23.7 Å². The van der Waals surface area contributed by atoms with Gasteiger partial charge in [-0.1, -0.05) is 44.2 Å². The zero-order valence-corrected chi connectivity index (χ0v) is 18.8. The summed E-state index contributed by atoms with van der Waals surface area (Å²) >= 11 is 0. The maximum atomic E-state index is 13.5. The highest BCUT2D eigenvalue weighted by atomic mass is 19.4. The number of benzene rings is 2. The third-order valence-electron chi connectivity index (χ3n) is 4.90. The van der Waals surface area contributed by atoms with Gasteiger partial charge in [-0.25, -0.2) is 0 Å². The molecule has 2 aromatic carbocycles. The summed E-state index contributed by atoms with van der Waals surface area (Å²) in [6, 6.07) is 7.58. The van der Waals surface area contributed by atoms with Crippen LogP contribution in [0.25, 0.3) is 6.08 Å². The number of aliphatic imine (C=N–C) groups is 1. The predicted molar refractivity (Wildman–Crippen MR) is 119 cm³/mol. The highest BCUT2D eigenvalue weighted by molar-refractivity contribution is 5.95. The average Bonchev–Trinajstić information content (AvgIpc) is 2.75. The van der Waals surface area contributed by atoms with E-state index in [-0.39, 0.29) is 35.3 Å². The van der Waals surface area contributed by atoms with Crippen molar-refractivity contribution in [1.82, 2.24) is 5.32 Å². The lowest BCUT2D eigenvalue weighted by molar-refractivity contribution is -0.139. The molecule has 2 aromatic rings. The Morgan fingerprint density at radius 1 is 1.03 bits per heavy atom. The van der Waals surface area contributed by atoms with Gasteiger partial charge in [0, 0.05) is 12.5 Å². The lowest BCUT2D eigenvalue weighted by atomic mass is 10.0. The van der Waals surface area contributed by atoms with Gasteiger partial charge >= 0.3 is 12.4 Å². The number of hydrogen-bond acceptors (Lipinski definition) is 2. The molecular weight excluding hydrogens is 460 g/mol. The molecular formula is C24H25F6N3O. The number of nitrogens with two attached hydrogens (primary N) is 1. The number of halogens is 6. The Morgan fingerprint density at radius 3 is 2.29 bits per heavy atom. The second kappa shape index (κ2) is 10.8. The maximum Gasteiger partial charge on any atom is 0.416 e. The number of amidine groups is 1. The van der Waals surface area contributed by atoms with Gasteiger partial charge in [-0.05, 0) is 47.9 Å². The molecule has 0 saturated heterocycles. The first kappa shape index (κ1) is 26.9. The van der Waals surface area contributed by atoms with Crippen LogP contribution in [0.15, 0.2) is 53.5 Å². The van der Waals surface area contributed by atoms with E-state index in [1.54, 1.807) is 20.8 Å². The second-order valence-corrected chi connectivity index (χ2v) is 7.97. The van der Waals surface area contributed by atoms with E-state index in [0.29, 0.717) is 5.56 Å². The van der Waals surface area contributed by atoms with E-state index < -0.39 is 29.5 Å². The lowest BCUT2D eigenvalue weighted by Crippen LogP contribution is -2.28. The second-order valence-electron chi connectivity index (χ2n) is 7.97. The molecule has 0 aliphatic heterocycles. The number of amides is 1. The number of hydrogen-bond donors (Lipinski definition) is 2. The van der Waals surface area contributed by atoms with Crippen molar-refractivity contribution in [2.24, 2.45) is 16.6 Å². The fourth-order valence-electron chi connectivity index (χ4n) is 3.00. The van der Waals surface area contributed by atoms with Gasteiger partial charge in [-0.15, -0.1) is 0 Å². The minimum Gasteiger partial charge on any atom is -0.384 e. The summed E-state index contributed by atoms with van der Waals surface area (Å²) < 4.78 is 79.3. The van der Waals surface area contributed by atoms with Gasteiger partial charge in [-0.3, -0.25) is 9.79 Å². The summed E-state index contributed by atoms with van der Waals surface area (Å²) in [4.78, 5) is 15.8. The van der Waals surface area contributed by atoms with Crippen molar-refractivity contribution in [2.45, 2.75) is 45.7 Å². The Bertz CT molecular complexity index is 1070. The fraction of sp³-hybridized carbons (Fsp3) is 0.333. The molecule has 0 spiro atoms. The number of rotatable bonds is 7. The summed E-state index contributed by atoms with van der Waals surface area (Å²) in [5.41, 5.74) is 4.50. The molecule has 0 aromatic heterocycles. The molecule has 0 bridgehead atoms. The van der Waals surface area contributed by atoms with E-state index in [1.165, 1.54) is 36.4 Å². The fourth-order valence-corrected chi connectivity index (χ4v) is 3.00. The van der Waals surface area contributed by atoms with Gasteiger partial charge in [0.05, 0.1) is 17.2 Å². The highest BCUT2D eigenvalue weighted by Gasteiger charge is 2.33. The Labute approximate surface area is 193 Å². The summed E-state index contributed by atoms with van der Waals surface area (Å²) in [6.07, 6.45) is -6.53. The number of nitrogens with zero attached hydrogens (tertiary/aromatic N) is 1. The van der Waals surface area contributed by atoms with Gasteiger partial charge in [0.2, 0.25) is 5.91 Å². The largest absolute Gasteiger partial charge is 0.416 e. The van der Waals surface area contributed by atoms with E-state index >= 15 is 0 Å². The van der Waals surface area contributed by atoms with Gasteiger partial charge < -0.3 is 11.1 Å². The predicted octanol–water partition coefficient (Wildman–Crippen LogP) is 6.13. The van der Waals surface area contributed by atoms with Crippen LogP contribution >= 0.6 is 0 Å². The molecule has 10 heteroatoms. The van der Waals surface area contributed by atoms with Crippen molar-refractivity contribution in [3.05, 3.63) is 76.4 Å². The minimum atomic E-state index is -4.64. The number of carbonyl (C=O) groups is 1. The maximum absolute atomic E-state index is 13.5. The zero-order chi connectivity index (χ0) is 25.7. The molecule has 0 aliphatic rings. The van der Waals surface area contributed by atoms with Crippen LogP contribution < -0.4 is 11.1 Å². The Balaban J connectivity index is 2.22. The van der Waals surface area contributed by atoms with Crippen molar-refractivity contribution in [3.8, 4) is 0 Å². The van der Waals surface area contributed by atoms with Gasteiger partial charge in [0.1, 0.15) is 5.84 Å². The molecule has 3 N–H and O–H groups in total. The van der Waals surface area contributed by atoms with Crippen LogP contribution in [0.4, 0.5) is 26.3 Å². The van der Waals surface area contributed by atoms with E-state index in [1.807, 2.05) is 0 Å². The average molecular weight is 485 g/mol. The van der Waals surface area contributed by atoms with Crippen LogP contribution in [0.2, 0.25) is 0 Å². The first-order valence-electron chi connectivity index (χ1n) is 10.3. The highest BCUT2D eigenvalue weighted by Crippen LogP contribution is 2.33. The Morgan fingerprint density at radius 2 is 1.71 bits per heavy atom. The molecule has 1 atom stereocenters. The molecule has 0 saturated carbocycles. The SMILES string of the molecule is CC(C)C(=O)NCc1ccc(C=CC(N)=NC(C)c2cccc(C(F)(F)F)c2)cc1C(F)(F)F. The molecule has 0 heterocycles. The summed E-state index contributed by atoms with van der Waals surface area (Å²) in [7, 11) is 0. The van der Waals surface area contributed by atoms with Crippen LogP contribution in [0.5, 0.6) is 0 Å². The van der Waals surface area contributed by atoms with Crippen LogP contribution in [0, 0.1) is 5.92 Å². The van der Waals surface area contributed by atoms with E-state index in [9.17, 15) is 31.1 Å². The van der Waals surface area contributed by atoms with Crippen molar-refractivity contribution in [2.75, 3.05) is 0 Å². The molecule has 0 aliphatic carbocycles. The topological polar surface area (TPSA) is 67.5 Å². The first-order chi connectivity index (χ1) is 15.7. The normalized spacial score (nSPS) is 14.0. The molecule has 0 radical (unpaired) electrons. The zero-order valence-electron chi connectivity index (χ0n) is 18.8. The van der Waals surface area contributed by atoms with Gasteiger partial charge in [-0.2, -0.15) is 26.3 Å². The molecule has 34 heavy (non-hydrogen) atoms. The third kappa shape index (κ3) is 7.64. The molecule has 2 rings (SSSR count). The molecule has 0 fully saturated rings. The van der Waals surface area contributed by atoms with Crippen LogP contribution in [0.1, 0.15) is 54.6 Å². The standard InChI is InChI=1S/C24H25F6N3O/c1-14(2)22(34)32-13-18-9-7-16(11-20(18)24(28,29)30)8-10-21(31)33-15(3)17-5-4-6-19(12-17)23(25,26)27/h4-12,14-15H,13H2,1-3H3,(H2,31,33)(H,32,34). The molecule has 4 nitrogen and oxygen atoms in total. The van der Waals surface area contributed by atoms with Crippen molar-refractivity contribution < 1.29 is 31.1 Å². The summed E-state index contributed by atoms with van der Waals surface area (Å²) in [5.74, 6) is -0.792. The first-order valence-corrected chi connectivity index (χ1v) is 10.3. The van der Waals surface area contributed by atoms with Gasteiger partial charge in [0.15, 0.2) is 0 Å². The monoisotopic (exact) mass is 485 g/mol. The summed E-state index contributed by atoms with van der Waals surface area (Å²) in [6.45, 7) is 4.55. The van der Waals surface area contributed by atoms with Gasteiger partial charge in [0.25, 0.3) is 0 Å². The van der Waals surface area contributed by atoms with Crippen LogP contribution in [0.3, 0.4) is 0 Å². The molecule has 184 valence electrons. The van der Waals surface area contributed by atoms with Crippen molar-refractivity contribution in [3.63, 3.8) is 0 Å². The third-order valence-corrected chi connectivity index (χ3v) is 4.90.